The highest BCUT2D eigenvalue weighted by atomic mass is 127. The van der Waals surface area contributed by atoms with Gasteiger partial charge in [-0.2, -0.15) is 0 Å². The van der Waals surface area contributed by atoms with Gasteiger partial charge in [-0.3, -0.25) is 4.99 Å². The van der Waals surface area contributed by atoms with Crippen LogP contribution in [0.1, 0.15) is 44.6 Å². The molecule has 1 fully saturated rings. The lowest BCUT2D eigenvalue weighted by molar-refractivity contribution is 0.0529. The first-order valence-corrected chi connectivity index (χ1v) is 10.2. The van der Waals surface area contributed by atoms with Crippen molar-refractivity contribution in [3.63, 3.8) is 0 Å². The molecule has 0 radical (unpaired) electrons. The minimum absolute atomic E-state index is 0. The number of morpholine rings is 1. The summed E-state index contributed by atoms with van der Waals surface area (Å²) in [6, 6.07) is 4.23. The zero-order chi connectivity index (χ0) is 18.9. The van der Waals surface area contributed by atoms with E-state index in [0.29, 0.717) is 0 Å². The van der Waals surface area contributed by atoms with Crippen molar-refractivity contribution in [2.45, 2.75) is 51.7 Å². The summed E-state index contributed by atoms with van der Waals surface area (Å²) in [6.07, 6.45) is 10.9. The zero-order valence-electron chi connectivity index (χ0n) is 17.1. The first kappa shape index (κ1) is 22.9. The third-order valence-corrected chi connectivity index (χ3v) is 5.18. The van der Waals surface area contributed by atoms with E-state index in [9.17, 15) is 0 Å². The van der Waals surface area contributed by atoms with Crippen LogP contribution in [0.2, 0.25) is 0 Å². The second kappa shape index (κ2) is 12.3. The molecule has 2 aliphatic rings. The molecule has 7 heteroatoms. The predicted octanol–water partition coefficient (Wildman–Crippen LogP) is 3.48. The first-order chi connectivity index (χ1) is 13.2. The maximum atomic E-state index is 5.60. The molecule has 1 atom stereocenters. The summed E-state index contributed by atoms with van der Waals surface area (Å²) in [7, 11) is 1.82. The lowest BCUT2D eigenvalue weighted by atomic mass is 9.97. The molecular formula is C21H34IN5O. The van der Waals surface area contributed by atoms with Gasteiger partial charge in [0, 0.05) is 39.4 Å². The molecular weight excluding hydrogens is 465 g/mol. The summed E-state index contributed by atoms with van der Waals surface area (Å²) in [5.41, 5.74) is 2.74. The number of anilines is 1. The molecule has 3 rings (SSSR count). The maximum absolute atomic E-state index is 5.60. The molecule has 0 spiro atoms. The van der Waals surface area contributed by atoms with E-state index < -0.39 is 0 Å². The fourth-order valence-electron chi connectivity index (χ4n) is 3.61. The number of hydrogen-bond donors (Lipinski definition) is 2. The predicted molar refractivity (Wildman–Crippen MR) is 127 cm³/mol. The molecule has 28 heavy (non-hydrogen) atoms. The third-order valence-electron chi connectivity index (χ3n) is 5.18. The average Bonchev–Trinajstić information content (AvgIpc) is 2.72. The molecule has 2 heterocycles. The van der Waals surface area contributed by atoms with Crippen molar-refractivity contribution in [2.75, 3.05) is 38.2 Å². The molecule has 1 saturated heterocycles. The smallest absolute Gasteiger partial charge is 0.191 e. The first-order valence-electron chi connectivity index (χ1n) is 10.2. The Labute approximate surface area is 186 Å². The number of pyridine rings is 1. The summed E-state index contributed by atoms with van der Waals surface area (Å²) in [6.45, 7) is 6.32. The fraction of sp³-hybridized carbons (Fsp3) is 0.619. The second-order valence-electron chi connectivity index (χ2n) is 7.36. The number of hydrogen-bond acceptors (Lipinski definition) is 4. The van der Waals surface area contributed by atoms with E-state index in [1.54, 1.807) is 5.57 Å². The van der Waals surface area contributed by atoms with Crippen LogP contribution < -0.4 is 15.5 Å². The summed E-state index contributed by atoms with van der Waals surface area (Å²) < 4.78 is 5.60. The largest absolute Gasteiger partial charge is 0.375 e. The molecule has 0 aromatic carbocycles. The van der Waals surface area contributed by atoms with Crippen LogP contribution in [0.3, 0.4) is 0 Å². The number of ether oxygens (including phenoxy) is 1. The van der Waals surface area contributed by atoms with Crippen LogP contribution in [0, 0.1) is 0 Å². The van der Waals surface area contributed by atoms with E-state index in [-0.39, 0.29) is 30.1 Å². The van der Waals surface area contributed by atoms with Crippen LogP contribution in [0.25, 0.3) is 0 Å². The van der Waals surface area contributed by atoms with Crippen LogP contribution in [0.15, 0.2) is 35.0 Å². The molecule has 1 aliphatic carbocycles. The zero-order valence-corrected chi connectivity index (χ0v) is 19.4. The molecule has 0 bridgehead atoms. The van der Waals surface area contributed by atoms with Crippen LogP contribution >= 0.6 is 24.0 Å². The molecule has 0 saturated carbocycles. The van der Waals surface area contributed by atoms with Gasteiger partial charge in [-0.1, -0.05) is 17.7 Å². The Morgan fingerprint density at radius 2 is 2.21 bits per heavy atom. The van der Waals surface area contributed by atoms with Crippen molar-refractivity contribution in [1.29, 1.82) is 0 Å². The molecule has 6 nitrogen and oxygen atoms in total. The number of nitrogens with zero attached hydrogens (tertiary/aromatic N) is 3. The summed E-state index contributed by atoms with van der Waals surface area (Å²) >= 11 is 0. The standard InChI is InChI=1S/C21H33N5O.HI/c1-17-16-26(12-13-27-17)20-9-8-19(14-24-20)15-25-21(22-2)23-11-10-18-6-4-3-5-7-18;/h6,8-9,14,17H,3-5,7,10-13,15-16H2,1-2H3,(H2,22,23,25);1H. The van der Waals surface area contributed by atoms with Gasteiger partial charge >= 0.3 is 0 Å². The number of rotatable bonds is 6. The third kappa shape index (κ3) is 7.24. The normalized spacial score (nSPS) is 20.2. The van der Waals surface area contributed by atoms with Crippen molar-refractivity contribution < 1.29 is 4.74 Å². The SMILES string of the molecule is CN=C(NCCC1=CCCCC1)NCc1ccc(N2CCOC(C)C2)nc1.I. The van der Waals surface area contributed by atoms with Gasteiger partial charge in [0.15, 0.2) is 5.96 Å². The Hall–Kier alpha value is -1.35. The van der Waals surface area contributed by atoms with Crippen LogP contribution in [-0.2, 0) is 11.3 Å². The van der Waals surface area contributed by atoms with Crippen molar-refractivity contribution in [2.24, 2.45) is 4.99 Å². The van der Waals surface area contributed by atoms with Gasteiger partial charge < -0.3 is 20.3 Å². The molecule has 0 amide bonds. The van der Waals surface area contributed by atoms with Gasteiger partial charge in [-0.05, 0) is 50.7 Å². The van der Waals surface area contributed by atoms with Gasteiger partial charge in [0.25, 0.3) is 0 Å². The highest BCUT2D eigenvalue weighted by molar-refractivity contribution is 14.0. The Morgan fingerprint density at radius 3 is 2.89 bits per heavy atom. The Balaban J connectivity index is 0.00000280. The summed E-state index contributed by atoms with van der Waals surface area (Å²) in [4.78, 5) is 11.2. The minimum atomic E-state index is 0. The van der Waals surface area contributed by atoms with E-state index in [1.807, 2.05) is 13.2 Å². The maximum Gasteiger partial charge on any atom is 0.191 e. The average molecular weight is 499 g/mol. The van der Waals surface area contributed by atoms with Gasteiger partial charge in [-0.15, -0.1) is 24.0 Å². The van der Waals surface area contributed by atoms with E-state index in [2.05, 4.69) is 50.6 Å². The molecule has 2 N–H and O–H groups in total. The van der Waals surface area contributed by atoms with Crippen molar-refractivity contribution in [1.82, 2.24) is 15.6 Å². The van der Waals surface area contributed by atoms with Crippen molar-refractivity contribution in [3.05, 3.63) is 35.5 Å². The fourth-order valence-corrected chi connectivity index (χ4v) is 3.61. The Kier molecular flexibility index (Phi) is 10.0. The lowest BCUT2D eigenvalue weighted by Crippen LogP contribution is -2.41. The lowest BCUT2D eigenvalue weighted by Gasteiger charge is -2.32. The van der Waals surface area contributed by atoms with Crippen molar-refractivity contribution >= 4 is 35.8 Å². The number of allylic oxidation sites excluding steroid dienone is 1. The highest BCUT2D eigenvalue weighted by Crippen LogP contribution is 2.19. The Bertz CT molecular complexity index is 647. The van der Waals surface area contributed by atoms with Crippen LogP contribution in [0.4, 0.5) is 5.82 Å². The molecule has 1 aromatic rings. The Morgan fingerprint density at radius 1 is 1.32 bits per heavy atom. The monoisotopic (exact) mass is 499 g/mol. The van der Waals surface area contributed by atoms with E-state index in [0.717, 1.165) is 56.5 Å². The van der Waals surface area contributed by atoms with Gasteiger partial charge in [0.1, 0.15) is 5.82 Å². The number of aromatic nitrogens is 1. The van der Waals surface area contributed by atoms with Crippen LogP contribution in [0.5, 0.6) is 0 Å². The number of aliphatic imine (C=N–C) groups is 1. The molecule has 1 aromatic heterocycles. The number of nitrogens with one attached hydrogen (secondary N) is 2. The van der Waals surface area contributed by atoms with Crippen LogP contribution in [-0.4, -0.2) is 50.3 Å². The van der Waals surface area contributed by atoms with Gasteiger partial charge in [0.2, 0.25) is 0 Å². The minimum Gasteiger partial charge on any atom is -0.375 e. The van der Waals surface area contributed by atoms with E-state index >= 15 is 0 Å². The topological polar surface area (TPSA) is 61.8 Å². The van der Waals surface area contributed by atoms with Crippen molar-refractivity contribution in [3.8, 4) is 0 Å². The molecule has 1 aliphatic heterocycles. The molecule has 156 valence electrons. The second-order valence-corrected chi connectivity index (χ2v) is 7.36. The highest BCUT2D eigenvalue weighted by Gasteiger charge is 2.17. The quantitative estimate of drug-likeness (QED) is 0.272. The number of halogens is 1. The summed E-state index contributed by atoms with van der Waals surface area (Å²) in [5.74, 6) is 1.87. The van der Waals surface area contributed by atoms with Gasteiger partial charge in [-0.25, -0.2) is 4.98 Å². The van der Waals surface area contributed by atoms with E-state index in [4.69, 9.17) is 4.74 Å². The van der Waals surface area contributed by atoms with E-state index in [1.165, 1.54) is 25.7 Å². The van der Waals surface area contributed by atoms with Gasteiger partial charge in [0.05, 0.1) is 12.7 Å². The molecule has 1 unspecified atom stereocenters. The summed E-state index contributed by atoms with van der Waals surface area (Å²) in [5, 5.41) is 6.79. The number of guanidine groups is 1.